The first kappa shape index (κ1) is 24.4. The number of hydrogen-bond donors (Lipinski definition) is 2. The fraction of sp³-hybridized carbons (Fsp3) is 0.125. The fourth-order valence-corrected chi connectivity index (χ4v) is 5.86. The predicted octanol–water partition coefficient (Wildman–Crippen LogP) is 8.67. The summed E-state index contributed by atoms with van der Waals surface area (Å²) in [5, 5.41) is 19.4. The molecule has 0 spiro atoms. The lowest BCUT2D eigenvalue weighted by atomic mass is 9.84. The molecule has 0 aromatic heterocycles. The first-order valence-corrected chi connectivity index (χ1v) is 12.5. The standard InChI is InChI=1S/C18H16ClN.C14H10O.ClH/c19-18-10-12(20)9-17-15-6-5-11-3-1-2-4-13(11)14(15)7-8-16(17)18;15-12-7-8-14-11(9-12)6-5-10-3-1-2-4-13(10)14;/h1-8,12,18H,9-10,20H2;1-9,15H;1H. The van der Waals surface area contributed by atoms with Gasteiger partial charge in [-0.25, -0.2) is 0 Å². The summed E-state index contributed by atoms with van der Waals surface area (Å²) in [6, 6.07) is 35.4. The highest BCUT2D eigenvalue weighted by Gasteiger charge is 2.24. The van der Waals surface area contributed by atoms with Gasteiger partial charge in [-0.15, -0.1) is 24.0 Å². The van der Waals surface area contributed by atoms with Crippen molar-refractivity contribution in [2.24, 2.45) is 5.73 Å². The number of nitrogens with two attached hydrogens (primary N) is 1. The van der Waals surface area contributed by atoms with Crippen LogP contribution in [-0.4, -0.2) is 11.1 Å². The number of rotatable bonds is 0. The minimum absolute atomic E-state index is 0. The highest BCUT2D eigenvalue weighted by molar-refractivity contribution is 6.21. The molecule has 1 aliphatic carbocycles. The van der Waals surface area contributed by atoms with Gasteiger partial charge in [-0.2, -0.15) is 0 Å². The molecule has 7 rings (SSSR count). The predicted molar refractivity (Wildman–Crippen MR) is 157 cm³/mol. The van der Waals surface area contributed by atoms with Crippen LogP contribution in [0, 0.1) is 0 Å². The summed E-state index contributed by atoms with van der Waals surface area (Å²) in [4.78, 5) is 0. The third-order valence-electron chi connectivity index (χ3n) is 7.12. The lowest BCUT2D eigenvalue weighted by Gasteiger charge is -2.27. The molecule has 0 heterocycles. The van der Waals surface area contributed by atoms with Crippen molar-refractivity contribution in [2.75, 3.05) is 0 Å². The smallest absolute Gasteiger partial charge is 0.116 e. The van der Waals surface area contributed by atoms with E-state index >= 15 is 0 Å². The topological polar surface area (TPSA) is 46.2 Å². The number of hydrogen-bond acceptors (Lipinski definition) is 2. The Morgan fingerprint density at radius 3 is 1.94 bits per heavy atom. The number of fused-ring (bicyclic) bond motifs is 8. The van der Waals surface area contributed by atoms with Crippen LogP contribution in [0.4, 0.5) is 0 Å². The van der Waals surface area contributed by atoms with Gasteiger partial charge >= 0.3 is 0 Å². The van der Waals surface area contributed by atoms with E-state index in [9.17, 15) is 5.11 Å². The van der Waals surface area contributed by atoms with Crippen LogP contribution in [0.1, 0.15) is 22.9 Å². The van der Waals surface area contributed by atoms with Crippen molar-refractivity contribution >= 4 is 67.1 Å². The molecule has 0 fully saturated rings. The molecule has 0 saturated carbocycles. The second kappa shape index (κ2) is 9.99. The summed E-state index contributed by atoms with van der Waals surface area (Å²) in [7, 11) is 0. The molecular weight excluding hydrogens is 485 g/mol. The summed E-state index contributed by atoms with van der Waals surface area (Å²) < 4.78 is 0. The van der Waals surface area contributed by atoms with E-state index < -0.39 is 0 Å². The summed E-state index contributed by atoms with van der Waals surface area (Å²) in [5.74, 6) is 0.317. The molecule has 0 aliphatic heterocycles. The number of halogens is 2. The minimum atomic E-state index is 0. The Morgan fingerprint density at radius 2 is 1.19 bits per heavy atom. The van der Waals surface area contributed by atoms with Crippen molar-refractivity contribution < 1.29 is 5.11 Å². The van der Waals surface area contributed by atoms with E-state index in [0.717, 1.165) is 18.2 Å². The Labute approximate surface area is 221 Å². The Kier molecular flexibility index (Phi) is 6.77. The van der Waals surface area contributed by atoms with Gasteiger partial charge in [-0.3, -0.25) is 0 Å². The molecule has 2 unspecified atom stereocenters. The average Bonchev–Trinajstić information content (AvgIpc) is 2.88. The molecular formula is C32H27Cl2NO. The van der Waals surface area contributed by atoms with Crippen LogP contribution < -0.4 is 5.73 Å². The second-order valence-corrected chi connectivity index (χ2v) is 9.90. The van der Waals surface area contributed by atoms with E-state index in [4.69, 9.17) is 17.3 Å². The van der Waals surface area contributed by atoms with Gasteiger partial charge in [0, 0.05) is 6.04 Å². The highest BCUT2D eigenvalue weighted by Crippen LogP contribution is 2.39. The van der Waals surface area contributed by atoms with Gasteiger partial charge in [-0.05, 0) is 79.2 Å². The normalized spacial score (nSPS) is 16.8. The first-order valence-electron chi connectivity index (χ1n) is 12.0. The zero-order chi connectivity index (χ0) is 23.9. The molecule has 6 aromatic rings. The van der Waals surface area contributed by atoms with E-state index in [0.29, 0.717) is 5.75 Å². The van der Waals surface area contributed by atoms with Crippen LogP contribution >= 0.6 is 24.0 Å². The van der Waals surface area contributed by atoms with E-state index in [1.54, 1.807) is 12.1 Å². The summed E-state index contributed by atoms with van der Waals surface area (Å²) in [5.41, 5.74) is 8.76. The van der Waals surface area contributed by atoms with Gasteiger partial charge in [0.15, 0.2) is 0 Å². The quantitative estimate of drug-likeness (QED) is 0.158. The van der Waals surface area contributed by atoms with Crippen molar-refractivity contribution in [1.29, 1.82) is 0 Å². The average molecular weight is 512 g/mol. The maximum absolute atomic E-state index is 9.40. The van der Waals surface area contributed by atoms with Crippen LogP contribution in [0.3, 0.4) is 0 Å². The van der Waals surface area contributed by atoms with Crippen LogP contribution in [0.15, 0.2) is 103 Å². The molecule has 0 amide bonds. The SMILES string of the molecule is Cl.NC1Cc2c(ccc3c2ccc2ccccc23)C(Cl)C1.Oc1ccc2c(ccc3ccccc32)c1. The monoisotopic (exact) mass is 511 g/mol. The van der Waals surface area contributed by atoms with Crippen molar-refractivity contribution in [3.05, 3.63) is 114 Å². The third kappa shape index (κ3) is 4.37. The zero-order valence-corrected chi connectivity index (χ0v) is 21.3. The summed E-state index contributed by atoms with van der Waals surface area (Å²) in [6.45, 7) is 0. The molecule has 0 saturated heterocycles. The molecule has 6 aromatic carbocycles. The van der Waals surface area contributed by atoms with Crippen molar-refractivity contribution in [2.45, 2.75) is 24.3 Å². The van der Waals surface area contributed by atoms with Gasteiger partial charge in [0.2, 0.25) is 0 Å². The molecule has 0 bridgehead atoms. The van der Waals surface area contributed by atoms with Crippen LogP contribution in [-0.2, 0) is 6.42 Å². The number of phenolic OH excluding ortho intramolecular Hbond substituents is 1. The molecule has 4 heteroatoms. The molecule has 2 atom stereocenters. The third-order valence-corrected chi connectivity index (χ3v) is 7.53. The van der Waals surface area contributed by atoms with Crippen molar-refractivity contribution in [3.63, 3.8) is 0 Å². The second-order valence-electron chi connectivity index (χ2n) is 9.37. The van der Waals surface area contributed by atoms with Gasteiger partial charge in [-0.1, -0.05) is 91.0 Å². The maximum atomic E-state index is 9.40. The Balaban J connectivity index is 0.000000150. The van der Waals surface area contributed by atoms with Crippen molar-refractivity contribution in [1.82, 2.24) is 0 Å². The highest BCUT2D eigenvalue weighted by atomic mass is 35.5. The lowest BCUT2D eigenvalue weighted by molar-refractivity contribution is 0.476. The largest absolute Gasteiger partial charge is 0.508 e. The number of phenols is 1. The van der Waals surface area contributed by atoms with Gasteiger partial charge in [0.1, 0.15) is 5.75 Å². The summed E-state index contributed by atoms with van der Waals surface area (Å²) in [6.07, 6.45) is 1.79. The van der Waals surface area contributed by atoms with E-state index in [1.807, 2.05) is 24.3 Å². The fourth-order valence-electron chi connectivity index (χ4n) is 5.43. The Morgan fingerprint density at radius 1 is 0.639 bits per heavy atom. The zero-order valence-electron chi connectivity index (χ0n) is 19.7. The van der Waals surface area contributed by atoms with Crippen LogP contribution in [0.2, 0.25) is 0 Å². The Hall–Kier alpha value is -3.30. The van der Waals surface area contributed by atoms with Crippen LogP contribution in [0.5, 0.6) is 5.75 Å². The van der Waals surface area contributed by atoms with Gasteiger partial charge < -0.3 is 10.8 Å². The van der Waals surface area contributed by atoms with Gasteiger partial charge in [0.25, 0.3) is 0 Å². The Bertz CT molecular complexity index is 1710. The lowest BCUT2D eigenvalue weighted by Crippen LogP contribution is -2.29. The maximum Gasteiger partial charge on any atom is 0.116 e. The molecule has 2 nitrogen and oxygen atoms in total. The first-order chi connectivity index (χ1) is 17.1. The van der Waals surface area contributed by atoms with E-state index in [-0.39, 0.29) is 23.8 Å². The van der Waals surface area contributed by atoms with E-state index in [1.165, 1.54) is 48.8 Å². The number of benzene rings is 6. The minimum Gasteiger partial charge on any atom is -0.508 e. The van der Waals surface area contributed by atoms with Crippen LogP contribution in [0.25, 0.3) is 43.1 Å². The van der Waals surface area contributed by atoms with E-state index in [2.05, 4.69) is 66.7 Å². The number of aromatic hydroxyl groups is 1. The molecule has 180 valence electrons. The van der Waals surface area contributed by atoms with Gasteiger partial charge in [0.05, 0.1) is 5.38 Å². The summed E-state index contributed by atoms with van der Waals surface area (Å²) >= 11 is 6.48. The number of alkyl halides is 1. The van der Waals surface area contributed by atoms with Crippen molar-refractivity contribution in [3.8, 4) is 5.75 Å². The molecule has 36 heavy (non-hydrogen) atoms. The molecule has 0 radical (unpaired) electrons. The molecule has 1 aliphatic rings. The molecule has 3 N–H and O–H groups in total.